The summed E-state index contributed by atoms with van der Waals surface area (Å²) in [6.45, 7) is 2.25. The summed E-state index contributed by atoms with van der Waals surface area (Å²) in [5.74, 6) is 0.570. The molecule has 4 unspecified atom stereocenters. The van der Waals surface area contributed by atoms with Crippen molar-refractivity contribution in [3.8, 4) is 5.75 Å². The van der Waals surface area contributed by atoms with Gasteiger partial charge in [-0.25, -0.2) is 4.79 Å². The Hall–Kier alpha value is -1.71. The van der Waals surface area contributed by atoms with Gasteiger partial charge < -0.3 is 35.0 Å². The second-order valence-electron chi connectivity index (χ2n) is 10.3. The molecule has 176 valence electrons. The van der Waals surface area contributed by atoms with E-state index in [-0.39, 0.29) is 11.5 Å². The van der Waals surface area contributed by atoms with Crippen molar-refractivity contribution in [3.05, 3.63) is 29.3 Å². The van der Waals surface area contributed by atoms with Crippen molar-refractivity contribution in [3.63, 3.8) is 0 Å². The summed E-state index contributed by atoms with van der Waals surface area (Å²) in [5, 5.41) is 49.8. The van der Waals surface area contributed by atoms with Crippen molar-refractivity contribution in [2.45, 2.75) is 88.2 Å². The van der Waals surface area contributed by atoms with Crippen molar-refractivity contribution >= 4 is 5.97 Å². The van der Waals surface area contributed by atoms with Crippen molar-refractivity contribution in [1.82, 2.24) is 0 Å². The Bertz CT molecular complexity index is 889. The molecule has 0 bridgehead atoms. The van der Waals surface area contributed by atoms with Crippen molar-refractivity contribution < 1.29 is 39.8 Å². The van der Waals surface area contributed by atoms with Crippen molar-refractivity contribution in [2.75, 3.05) is 0 Å². The number of aliphatic hydroxyl groups excluding tert-OH is 4. The van der Waals surface area contributed by atoms with Gasteiger partial charge >= 0.3 is 5.97 Å². The molecular weight excluding hydrogens is 416 g/mol. The SMILES string of the molecule is C[C@]12CCC3c4ccc(OC5O[C@H](C(=O)O)[C@@H](O)[C@H](O)[C@H]5O)cc4CCC3C1CC[C@@H]2O. The van der Waals surface area contributed by atoms with E-state index < -0.39 is 36.7 Å². The summed E-state index contributed by atoms with van der Waals surface area (Å²) in [5.41, 5.74) is 2.51. The maximum atomic E-state index is 11.3. The molecule has 0 aromatic heterocycles. The second kappa shape index (κ2) is 7.95. The third kappa shape index (κ3) is 3.35. The van der Waals surface area contributed by atoms with Gasteiger partial charge in [0.05, 0.1) is 6.10 Å². The number of fused-ring (bicyclic) bond motifs is 5. The number of ether oxygens (including phenoxy) is 2. The minimum Gasteiger partial charge on any atom is -0.479 e. The van der Waals surface area contributed by atoms with E-state index in [2.05, 4.69) is 6.92 Å². The number of aliphatic carboxylic acids is 1. The first kappa shape index (κ1) is 22.1. The monoisotopic (exact) mass is 448 g/mol. The first-order valence-corrected chi connectivity index (χ1v) is 11.6. The van der Waals surface area contributed by atoms with Gasteiger partial charge in [0, 0.05) is 0 Å². The number of carbonyl (C=O) groups is 1. The van der Waals surface area contributed by atoms with E-state index >= 15 is 0 Å². The maximum Gasteiger partial charge on any atom is 0.335 e. The topological polar surface area (TPSA) is 137 Å². The zero-order valence-electron chi connectivity index (χ0n) is 18.1. The lowest BCUT2D eigenvalue weighted by atomic mass is 9.55. The lowest BCUT2D eigenvalue weighted by Crippen LogP contribution is -2.61. The summed E-state index contributed by atoms with van der Waals surface area (Å²) >= 11 is 0. The lowest BCUT2D eigenvalue weighted by molar-refractivity contribution is -0.271. The predicted octanol–water partition coefficient (Wildman–Crippen LogP) is 1.17. The van der Waals surface area contributed by atoms with Crippen LogP contribution in [0.5, 0.6) is 5.75 Å². The molecule has 32 heavy (non-hydrogen) atoms. The lowest BCUT2D eigenvalue weighted by Gasteiger charge is -2.50. The van der Waals surface area contributed by atoms with Gasteiger partial charge in [-0.1, -0.05) is 13.0 Å². The van der Waals surface area contributed by atoms with Crippen LogP contribution in [-0.4, -0.2) is 68.3 Å². The van der Waals surface area contributed by atoms with Gasteiger partial charge in [0.15, 0.2) is 6.10 Å². The molecule has 8 heteroatoms. The van der Waals surface area contributed by atoms with Gasteiger partial charge in [0.1, 0.15) is 24.1 Å². The molecule has 0 radical (unpaired) electrons. The Morgan fingerprint density at radius 2 is 1.84 bits per heavy atom. The third-order valence-corrected chi connectivity index (χ3v) is 8.71. The molecule has 1 saturated heterocycles. The highest BCUT2D eigenvalue weighted by atomic mass is 16.7. The Morgan fingerprint density at radius 3 is 2.59 bits per heavy atom. The quantitative estimate of drug-likeness (QED) is 0.465. The Labute approximate surface area is 186 Å². The minimum absolute atomic E-state index is 0.0300. The van der Waals surface area contributed by atoms with Gasteiger partial charge in [-0.15, -0.1) is 0 Å². The summed E-state index contributed by atoms with van der Waals surface area (Å²) in [6.07, 6.45) is -2.28. The third-order valence-electron chi connectivity index (χ3n) is 8.71. The Morgan fingerprint density at radius 1 is 1.06 bits per heavy atom. The Balaban J connectivity index is 1.34. The molecule has 1 heterocycles. The van der Waals surface area contributed by atoms with Crippen LogP contribution < -0.4 is 4.74 Å². The normalized spacial score (nSPS) is 45.5. The van der Waals surface area contributed by atoms with Crippen LogP contribution in [0, 0.1) is 17.3 Å². The molecule has 5 N–H and O–H groups in total. The molecule has 1 aliphatic heterocycles. The van der Waals surface area contributed by atoms with Gasteiger partial charge in [-0.05, 0) is 85.0 Å². The van der Waals surface area contributed by atoms with E-state index in [4.69, 9.17) is 9.47 Å². The standard InChI is InChI=1S/C24H32O8/c1-24-9-8-14-13-5-3-12(10-11(13)2-4-15(14)16(24)6-7-17(24)25)31-23-20(28)18(26)19(27)21(32-23)22(29)30/h3,5,10,14-21,23,25-28H,2,4,6-9H2,1H3,(H,29,30)/t14?,15?,16?,17-,18-,19-,20+,21-,23?,24-/m0/s1. The molecule has 2 saturated carbocycles. The van der Waals surface area contributed by atoms with E-state index in [0.29, 0.717) is 23.5 Å². The largest absolute Gasteiger partial charge is 0.479 e. The summed E-state index contributed by atoms with van der Waals surface area (Å²) in [4.78, 5) is 11.3. The predicted molar refractivity (Wildman–Crippen MR) is 112 cm³/mol. The average molecular weight is 449 g/mol. The van der Waals surface area contributed by atoms with Gasteiger partial charge in [-0.3, -0.25) is 0 Å². The fourth-order valence-electron chi connectivity index (χ4n) is 6.89. The van der Waals surface area contributed by atoms with E-state index in [1.807, 2.05) is 12.1 Å². The molecule has 0 amide bonds. The number of hydrogen-bond acceptors (Lipinski definition) is 7. The first-order chi connectivity index (χ1) is 15.2. The molecular formula is C24H32O8. The van der Waals surface area contributed by atoms with Crippen LogP contribution in [0.15, 0.2) is 18.2 Å². The average Bonchev–Trinajstić information content (AvgIpc) is 3.08. The van der Waals surface area contributed by atoms with Crippen LogP contribution in [0.4, 0.5) is 0 Å². The zero-order chi connectivity index (χ0) is 22.8. The van der Waals surface area contributed by atoms with Gasteiger partial charge in [0.25, 0.3) is 0 Å². The number of aliphatic hydroxyl groups is 4. The molecule has 1 aromatic rings. The molecule has 3 aliphatic carbocycles. The van der Waals surface area contributed by atoms with Crippen molar-refractivity contribution in [2.24, 2.45) is 17.3 Å². The van der Waals surface area contributed by atoms with Crippen molar-refractivity contribution in [1.29, 1.82) is 0 Å². The van der Waals surface area contributed by atoms with E-state index in [9.17, 15) is 30.3 Å². The molecule has 5 rings (SSSR count). The Kier molecular flexibility index (Phi) is 5.49. The fraction of sp³-hybridized carbons (Fsp3) is 0.708. The molecule has 10 atom stereocenters. The number of hydrogen-bond donors (Lipinski definition) is 5. The molecule has 0 spiro atoms. The van der Waals surface area contributed by atoms with Crippen LogP contribution in [-0.2, 0) is 16.0 Å². The highest BCUT2D eigenvalue weighted by molar-refractivity contribution is 5.73. The number of rotatable bonds is 3. The van der Waals surface area contributed by atoms with Gasteiger partial charge in [-0.2, -0.15) is 0 Å². The van der Waals surface area contributed by atoms with Crippen LogP contribution >= 0.6 is 0 Å². The van der Waals surface area contributed by atoms with Crippen LogP contribution in [0.3, 0.4) is 0 Å². The van der Waals surface area contributed by atoms with Gasteiger partial charge in [0.2, 0.25) is 6.29 Å². The number of benzene rings is 1. The van der Waals surface area contributed by atoms with E-state index in [1.54, 1.807) is 6.07 Å². The minimum atomic E-state index is -1.74. The summed E-state index contributed by atoms with van der Waals surface area (Å²) in [6, 6.07) is 5.75. The number of carboxylic acid groups (broad SMARTS) is 1. The second-order valence-corrected chi connectivity index (χ2v) is 10.3. The molecule has 4 aliphatic rings. The highest BCUT2D eigenvalue weighted by Gasteiger charge is 2.54. The number of aryl methyl sites for hydroxylation is 1. The molecule has 3 fully saturated rings. The van der Waals surface area contributed by atoms with Crippen LogP contribution in [0.2, 0.25) is 0 Å². The first-order valence-electron chi connectivity index (χ1n) is 11.6. The molecule has 1 aromatic carbocycles. The number of carboxylic acids is 1. The van der Waals surface area contributed by atoms with E-state index in [1.165, 1.54) is 11.1 Å². The van der Waals surface area contributed by atoms with Crippen LogP contribution in [0.1, 0.15) is 56.1 Å². The van der Waals surface area contributed by atoms with E-state index in [0.717, 1.165) is 38.5 Å². The highest BCUT2D eigenvalue weighted by Crippen LogP contribution is 2.60. The summed E-state index contributed by atoms with van der Waals surface area (Å²) < 4.78 is 11.0. The maximum absolute atomic E-state index is 11.3. The fourth-order valence-corrected chi connectivity index (χ4v) is 6.89. The summed E-state index contributed by atoms with van der Waals surface area (Å²) in [7, 11) is 0. The zero-order valence-corrected chi connectivity index (χ0v) is 18.1. The van der Waals surface area contributed by atoms with Crippen LogP contribution in [0.25, 0.3) is 0 Å². The molecule has 8 nitrogen and oxygen atoms in total. The smallest absolute Gasteiger partial charge is 0.335 e.